The summed E-state index contributed by atoms with van der Waals surface area (Å²) in [4.78, 5) is 22.6. The first-order chi connectivity index (χ1) is 8.04. The Labute approximate surface area is 107 Å². The number of amides is 1. The Morgan fingerprint density at radius 2 is 2.24 bits per heavy atom. The summed E-state index contributed by atoms with van der Waals surface area (Å²) in [6.07, 6.45) is 0. The van der Waals surface area contributed by atoms with Gasteiger partial charge in [-0.25, -0.2) is 4.79 Å². The fraction of sp³-hybridized carbons (Fsp3) is 0.273. The van der Waals surface area contributed by atoms with Crippen LogP contribution in [0.3, 0.4) is 0 Å². The molecule has 0 bridgehead atoms. The minimum atomic E-state index is -1.13. The summed E-state index contributed by atoms with van der Waals surface area (Å²) < 4.78 is 5.47. The van der Waals surface area contributed by atoms with Crippen LogP contribution < -0.4 is 5.32 Å². The van der Waals surface area contributed by atoms with Crippen LogP contribution in [0.4, 0.5) is 0 Å². The molecule has 0 aliphatic heterocycles. The van der Waals surface area contributed by atoms with Gasteiger partial charge in [0.2, 0.25) is 0 Å². The monoisotopic (exact) mass is 301 g/mol. The Hall–Kier alpha value is -1.40. The van der Waals surface area contributed by atoms with Gasteiger partial charge in [-0.1, -0.05) is 22.0 Å². The van der Waals surface area contributed by atoms with Crippen LogP contribution in [0, 0.1) is 0 Å². The van der Waals surface area contributed by atoms with Crippen LogP contribution in [0.1, 0.15) is 10.4 Å². The van der Waals surface area contributed by atoms with Crippen LogP contribution in [-0.4, -0.2) is 36.7 Å². The van der Waals surface area contributed by atoms with Crippen LogP contribution in [0.2, 0.25) is 0 Å². The van der Waals surface area contributed by atoms with Crippen molar-refractivity contribution in [3.8, 4) is 0 Å². The average Bonchev–Trinajstić information content (AvgIpc) is 2.28. The second-order valence-electron chi connectivity index (χ2n) is 3.33. The molecule has 0 radical (unpaired) electrons. The molecule has 0 saturated carbocycles. The Morgan fingerprint density at radius 1 is 1.53 bits per heavy atom. The number of hydrogen-bond donors (Lipinski definition) is 2. The highest BCUT2D eigenvalue weighted by molar-refractivity contribution is 9.10. The summed E-state index contributed by atoms with van der Waals surface area (Å²) in [7, 11) is 1.38. The number of carbonyl (C=O) groups excluding carboxylic acids is 1. The van der Waals surface area contributed by atoms with Crippen molar-refractivity contribution in [1.29, 1.82) is 0 Å². The van der Waals surface area contributed by atoms with Gasteiger partial charge in [0.25, 0.3) is 5.91 Å². The average molecular weight is 302 g/mol. The van der Waals surface area contributed by atoms with Crippen LogP contribution in [0.5, 0.6) is 0 Å². The molecule has 17 heavy (non-hydrogen) atoms. The Kier molecular flexibility index (Phi) is 5.11. The molecule has 1 amide bonds. The predicted octanol–water partition coefficient (Wildman–Crippen LogP) is 1.28. The number of methoxy groups -OCH3 is 1. The molecule has 0 spiro atoms. The van der Waals surface area contributed by atoms with Gasteiger partial charge >= 0.3 is 5.97 Å². The number of benzene rings is 1. The van der Waals surface area contributed by atoms with Crippen molar-refractivity contribution in [2.45, 2.75) is 6.04 Å². The van der Waals surface area contributed by atoms with Gasteiger partial charge in [-0.3, -0.25) is 4.79 Å². The van der Waals surface area contributed by atoms with E-state index in [9.17, 15) is 9.59 Å². The fourth-order valence-electron chi connectivity index (χ4n) is 1.21. The maximum atomic E-state index is 11.7. The van der Waals surface area contributed by atoms with Gasteiger partial charge < -0.3 is 15.2 Å². The highest BCUT2D eigenvalue weighted by atomic mass is 79.9. The molecule has 1 aromatic rings. The van der Waals surface area contributed by atoms with E-state index in [2.05, 4.69) is 21.2 Å². The van der Waals surface area contributed by atoms with Gasteiger partial charge in [-0.15, -0.1) is 0 Å². The first-order valence-corrected chi connectivity index (χ1v) is 5.62. The second kappa shape index (κ2) is 6.36. The molecule has 0 aromatic heterocycles. The molecule has 6 heteroatoms. The molecule has 1 aromatic carbocycles. The van der Waals surface area contributed by atoms with E-state index in [1.165, 1.54) is 7.11 Å². The van der Waals surface area contributed by atoms with Crippen molar-refractivity contribution < 1.29 is 19.4 Å². The number of carboxylic acids is 1. The van der Waals surface area contributed by atoms with Crippen molar-refractivity contribution in [2.24, 2.45) is 0 Å². The fourth-order valence-corrected chi connectivity index (χ4v) is 1.61. The van der Waals surface area contributed by atoms with Gasteiger partial charge in [0.15, 0.2) is 6.04 Å². The summed E-state index contributed by atoms with van der Waals surface area (Å²) in [5, 5.41) is 11.2. The lowest BCUT2D eigenvalue weighted by Gasteiger charge is -2.13. The molecule has 92 valence electrons. The number of ether oxygens (including phenoxy) is 1. The van der Waals surface area contributed by atoms with Gasteiger partial charge in [0, 0.05) is 17.1 Å². The molecular formula is C11H12BrNO4. The number of nitrogens with one attached hydrogen (secondary N) is 1. The molecular weight excluding hydrogens is 290 g/mol. The number of aliphatic carboxylic acids is 1. The third kappa shape index (κ3) is 4.16. The molecule has 5 nitrogen and oxygen atoms in total. The summed E-state index contributed by atoms with van der Waals surface area (Å²) in [5.74, 6) is -1.58. The zero-order valence-electron chi connectivity index (χ0n) is 9.14. The molecule has 0 heterocycles. The van der Waals surface area contributed by atoms with Crippen molar-refractivity contribution in [1.82, 2.24) is 5.32 Å². The largest absolute Gasteiger partial charge is 0.480 e. The third-order valence-electron chi connectivity index (χ3n) is 2.02. The molecule has 0 fully saturated rings. The van der Waals surface area contributed by atoms with E-state index in [0.29, 0.717) is 5.56 Å². The summed E-state index contributed by atoms with van der Waals surface area (Å²) >= 11 is 3.24. The first-order valence-electron chi connectivity index (χ1n) is 4.82. The normalized spacial score (nSPS) is 11.9. The van der Waals surface area contributed by atoms with Crippen molar-refractivity contribution in [3.05, 3.63) is 34.3 Å². The minimum absolute atomic E-state index is 0.0743. The van der Waals surface area contributed by atoms with Gasteiger partial charge in [0.1, 0.15) is 0 Å². The SMILES string of the molecule is COCC(NC(=O)c1cccc(Br)c1)C(=O)O. The van der Waals surface area contributed by atoms with E-state index in [4.69, 9.17) is 9.84 Å². The van der Waals surface area contributed by atoms with Crippen molar-refractivity contribution >= 4 is 27.8 Å². The topological polar surface area (TPSA) is 75.6 Å². The van der Waals surface area contributed by atoms with E-state index < -0.39 is 17.9 Å². The molecule has 0 aliphatic carbocycles. The smallest absolute Gasteiger partial charge is 0.328 e. The third-order valence-corrected chi connectivity index (χ3v) is 2.52. The predicted molar refractivity (Wildman–Crippen MR) is 64.9 cm³/mol. The molecule has 0 saturated heterocycles. The lowest BCUT2D eigenvalue weighted by Crippen LogP contribution is -2.43. The maximum absolute atomic E-state index is 11.7. The van der Waals surface area contributed by atoms with Crippen LogP contribution >= 0.6 is 15.9 Å². The lowest BCUT2D eigenvalue weighted by atomic mass is 10.2. The number of hydrogen-bond acceptors (Lipinski definition) is 3. The number of halogens is 1. The summed E-state index contributed by atoms with van der Waals surface area (Å²) in [6.45, 7) is -0.0743. The first kappa shape index (κ1) is 13.7. The summed E-state index contributed by atoms with van der Waals surface area (Å²) in [5.41, 5.74) is 0.390. The van der Waals surface area contributed by atoms with E-state index in [0.717, 1.165) is 4.47 Å². The zero-order valence-corrected chi connectivity index (χ0v) is 10.7. The standard InChI is InChI=1S/C11H12BrNO4/c1-17-6-9(11(15)16)13-10(14)7-3-2-4-8(12)5-7/h2-5,9H,6H2,1H3,(H,13,14)(H,15,16). The molecule has 1 unspecified atom stereocenters. The molecule has 0 aliphatic rings. The number of carbonyl (C=O) groups is 2. The Morgan fingerprint density at radius 3 is 2.76 bits per heavy atom. The highest BCUT2D eigenvalue weighted by Crippen LogP contribution is 2.11. The zero-order chi connectivity index (χ0) is 12.8. The Bertz CT molecular complexity index is 422. The minimum Gasteiger partial charge on any atom is -0.480 e. The quantitative estimate of drug-likeness (QED) is 0.859. The van der Waals surface area contributed by atoms with Crippen LogP contribution in [0.15, 0.2) is 28.7 Å². The Balaban J connectivity index is 2.73. The van der Waals surface area contributed by atoms with Crippen LogP contribution in [0.25, 0.3) is 0 Å². The highest BCUT2D eigenvalue weighted by Gasteiger charge is 2.20. The van der Waals surface area contributed by atoms with Crippen LogP contribution in [-0.2, 0) is 9.53 Å². The van der Waals surface area contributed by atoms with Gasteiger partial charge in [0.05, 0.1) is 6.61 Å². The van der Waals surface area contributed by atoms with Crippen molar-refractivity contribution in [2.75, 3.05) is 13.7 Å². The second-order valence-corrected chi connectivity index (χ2v) is 4.25. The van der Waals surface area contributed by atoms with E-state index in [1.54, 1.807) is 24.3 Å². The van der Waals surface area contributed by atoms with Gasteiger partial charge in [-0.05, 0) is 18.2 Å². The molecule has 1 atom stereocenters. The van der Waals surface area contributed by atoms with E-state index >= 15 is 0 Å². The van der Waals surface area contributed by atoms with Crippen molar-refractivity contribution in [3.63, 3.8) is 0 Å². The van der Waals surface area contributed by atoms with E-state index in [-0.39, 0.29) is 6.61 Å². The van der Waals surface area contributed by atoms with Gasteiger partial charge in [-0.2, -0.15) is 0 Å². The molecule has 2 N–H and O–H groups in total. The van der Waals surface area contributed by atoms with E-state index in [1.807, 2.05) is 0 Å². The maximum Gasteiger partial charge on any atom is 0.328 e. The lowest BCUT2D eigenvalue weighted by molar-refractivity contribution is -0.140. The number of carboxylic acid groups (broad SMARTS) is 1. The summed E-state index contributed by atoms with van der Waals surface area (Å²) in [6, 6.07) is 5.64. The molecule has 1 rings (SSSR count). The number of rotatable bonds is 5.